The lowest BCUT2D eigenvalue weighted by Gasteiger charge is -2.08. The highest BCUT2D eigenvalue weighted by atomic mass is 19.1. The van der Waals surface area contributed by atoms with Crippen molar-refractivity contribution in [1.29, 1.82) is 5.26 Å². The summed E-state index contributed by atoms with van der Waals surface area (Å²) in [6.45, 7) is 5.18. The largest absolute Gasteiger partial charge is 0.383 e. The van der Waals surface area contributed by atoms with Crippen molar-refractivity contribution >= 4 is 5.69 Å². The topological polar surface area (TPSA) is 35.8 Å². The number of anilines is 1. The van der Waals surface area contributed by atoms with Crippen molar-refractivity contribution in [3.05, 3.63) is 29.6 Å². The molecule has 0 fully saturated rings. The van der Waals surface area contributed by atoms with Crippen molar-refractivity contribution in [3.63, 3.8) is 0 Å². The van der Waals surface area contributed by atoms with Crippen LogP contribution in [-0.2, 0) is 0 Å². The summed E-state index contributed by atoms with van der Waals surface area (Å²) in [4.78, 5) is 0. The monoisotopic (exact) mass is 234 g/mol. The molecule has 1 N–H and O–H groups in total. The number of rotatable bonds is 6. The normalized spacial score (nSPS) is 10.3. The van der Waals surface area contributed by atoms with Gasteiger partial charge in [0.2, 0.25) is 0 Å². The number of hydrogen-bond donors (Lipinski definition) is 1. The van der Waals surface area contributed by atoms with E-state index in [1.807, 2.05) is 6.07 Å². The van der Waals surface area contributed by atoms with Gasteiger partial charge in [-0.15, -0.1) is 0 Å². The third kappa shape index (κ3) is 4.86. The number of hydrogen-bond acceptors (Lipinski definition) is 2. The molecule has 0 unspecified atom stereocenters. The van der Waals surface area contributed by atoms with Crippen molar-refractivity contribution < 1.29 is 4.39 Å². The van der Waals surface area contributed by atoms with Crippen LogP contribution in [0.2, 0.25) is 0 Å². The molecule has 0 radical (unpaired) electrons. The fourth-order valence-electron chi connectivity index (χ4n) is 1.63. The van der Waals surface area contributed by atoms with Crippen LogP contribution in [0.25, 0.3) is 0 Å². The van der Waals surface area contributed by atoms with E-state index in [0.717, 1.165) is 25.3 Å². The number of nitrogens with zero attached hydrogens (tertiary/aromatic N) is 1. The van der Waals surface area contributed by atoms with E-state index in [1.165, 1.54) is 12.5 Å². The fourth-order valence-corrected chi connectivity index (χ4v) is 1.63. The minimum absolute atomic E-state index is 0.354. The standard InChI is InChI=1S/C14H19FN2/c1-11(2)5-3-4-8-17-14-7-6-12(10-16)9-13(14)15/h6-7,9,11,17H,3-5,8H2,1-2H3. The van der Waals surface area contributed by atoms with E-state index in [4.69, 9.17) is 5.26 Å². The van der Waals surface area contributed by atoms with Crippen LogP contribution >= 0.6 is 0 Å². The molecule has 1 aromatic rings. The molecule has 0 bridgehead atoms. The highest BCUT2D eigenvalue weighted by Gasteiger charge is 2.02. The van der Waals surface area contributed by atoms with Gasteiger partial charge in [0.15, 0.2) is 0 Å². The first-order valence-corrected chi connectivity index (χ1v) is 6.07. The smallest absolute Gasteiger partial charge is 0.147 e. The SMILES string of the molecule is CC(C)CCCCNc1ccc(C#N)cc1F. The lowest BCUT2D eigenvalue weighted by molar-refractivity contribution is 0.544. The molecule has 0 aliphatic carbocycles. The Balaban J connectivity index is 2.35. The average Bonchev–Trinajstić information content (AvgIpc) is 2.30. The lowest BCUT2D eigenvalue weighted by atomic mass is 10.1. The maximum atomic E-state index is 13.5. The molecule has 0 aliphatic heterocycles. The van der Waals surface area contributed by atoms with Gasteiger partial charge >= 0.3 is 0 Å². The highest BCUT2D eigenvalue weighted by molar-refractivity contribution is 5.48. The highest BCUT2D eigenvalue weighted by Crippen LogP contribution is 2.15. The fraction of sp³-hybridized carbons (Fsp3) is 0.500. The van der Waals surface area contributed by atoms with E-state index in [2.05, 4.69) is 19.2 Å². The summed E-state index contributed by atoms with van der Waals surface area (Å²) in [6.07, 6.45) is 3.40. The second kappa shape index (κ2) is 6.90. The average molecular weight is 234 g/mol. The first-order valence-electron chi connectivity index (χ1n) is 6.07. The van der Waals surface area contributed by atoms with Gasteiger partial charge in [0.05, 0.1) is 17.3 Å². The van der Waals surface area contributed by atoms with Gasteiger partial charge in [0.1, 0.15) is 5.82 Å². The minimum Gasteiger partial charge on any atom is -0.383 e. The molecule has 0 aromatic heterocycles. The van der Waals surface area contributed by atoms with Crippen molar-refractivity contribution in [3.8, 4) is 6.07 Å². The summed E-state index contributed by atoms with van der Waals surface area (Å²) in [5, 5.41) is 11.7. The van der Waals surface area contributed by atoms with Gasteiger partial charge in [-0.3, -0.25) is 0 Å². The molecule has 0 amide bonds. The predicted molar refractivity (Wildman–Crippen MR) is 68.3 cm³/mol. The van der Waals surface area contributed by atoms with Crippen LogP contribution in [0.1, 0.15) is 38.7 Å². The van der Waals surface area contributed by atoms with Crippen LogP contribution in [0.4, 0.5) is 10.1 Å². The predicted octanol–water partition coefficient (Wildman–Crippen LogP) is 3.94. The van der Waals surface area contributed by atoms with Crippen molar-refractivity contribution in [2.75, 3.05) is 11.9 Å². The molecule has 0 saturated carbocycles. The van der Waals surface area contributed by atoms with E-state index in [0.29, 0.717) is 11.3 Å². The Hall–Kier alpha value is -1.56. The Morgan fingerprint density at radius 2 is 2.12 bits per heavy atom. The minimum atomic E-state index is -0.354. The zero-order chi connectivity index (χ0) is 12.7. The van der Waals surface area contributed by atoms with E-state index in [-0.39, 0.29) is 5.82 Å². The van der Waals surface area contributed by atoms with Gasteiger partial charge in [0, 0.05) is 6.54 Å². The molecule has 3 heteroatoms. The molecule has 92 valence electrons. The Morgan fingerprint density at radius 3 is 2.71 bits per heavy atom. The summed E-state index contributed by atoms with van der Waals surface area (Å²) in [5.41, 5.74) is 0.835. The van der Waals surface area contributed by atoms with E-state index >= 15 is 0 Å². The maximum absolute atomic E-state index is 13.5. The summed E-state index contributed by atoms with van der Waals surface area (Å²) in [6, 6.07) is 6.42. The number of benzene rings is 1. The molecule has 0 heterocycles. The number of unbranched alkanes of at least 4 members (excludes halogenated alkanes) is 1. The molecule has 1 rings (SSSR count). The molecule has 0 atom stereocenters. The maximum Gasteiger partial charge on any atom is 0.147 e. The number of nitriles is 1. The molecule has 0 saturated heterocycles. The van der Waals surface area contributed by atoms with Crippen LogP contribution in [0.15, 0.2) is 18.2 Å². The van der Waals surface area contributed by atoms with Gasteiger partial charge in [0.25, 0.3) is 0 Å². The van der Waals surface area contributed by atoms with E-state index in [1.54, 1.807) is 12.1 Å². The second-order valence-electron chi connectivity index (χ2n) is 4.62. The van der Waals surface area contributed by atoms with Gasteiger partial charge in [-0.2, -0.15) is 5.26 Å². The summed E-state index contributed by atoms with van der Waals surface area (Å²) < 4.78 is 13.5. The van der Waals surface area contributed by atoms with Crippen LogP contribution in [0, 0.1) is 23.1 Å². The van der Waals surface area contributed by atoms with Crippen molar-refractivity contribution in [2.45, 2.75) is 33.1 Å². The van der Waals surface area contributed by atoms with Gasteiger partial charge < -0.3 is 5.32 Å². The van der Waals surface area contributed by atoms with Gasteiger partial charge in [-0.1, -0.05) is 26.7 Å². The van der Waals surface area contributed by atoms with Crippen LogP contribution in [0.5, 0.6) is 0 Å². The molecule has 0 spiro atoms. The van der Waals surface area contributed by atoms with E-state index < -0.39 is 0 Å². The first-order chi connectivity index (χ1) is 8.13. The second-order valence-corrected chi connectivity index (χ2v) is 4.62. The quantitative estimate of drug-likeness (QED) is 0.757. The van der Waals surface area contributed by atoms with Crippen molar-refractivity contribution in [1.82, 2.24) is 0 Å². The van der Waals surface area contributed by atoms with Crippen molar-refractivity contribution in [2.24, 2.45) is 5.92 Å². The Bertz CT molecular complexity index is 394. The number of nitrogens with one attached hydrogen (secondary N) is 1. The lowest BCUT2D eigenvalue weighted by Crippen LogP contribution is -2.04. The zero-order valence-corrected chi connectivity index (χ0v) is 10.5. The molecule has 17 heavy (non-hydrogen) atoms. The molecular weight excluding hydrogens is 215 g/mol. The molecule has 0 aliphatic rings. The van der Waals surface area contributed by atoms with Gasteiger partial charge in [-0.25, -0.2) is 4.39 Å². The Morgan fingerprint density at radius 1 is 1.35 bits per heavy atom. The molecule has 1 aromatic carbocycles. The van der Waals surface area contributed by atoms with Gasteiger partial charge in [-0.05, 0) is 30.5 Å². The summed E-state index contributed by atoms with van der Waals surface area (Å²) in [5.74, 6) is 0.370. The van der Waals surface area contributed by atoms with E-state index in [9.17, 15) is 4.39 Å². The van der Waals surface area contributed by atoms with Crippen LogP contribution < -0.4 is 5.32 Å². The third-order valence-corrected chi connectivity index (χ3v) is 2.62. The van der Waals surface area contributed by atoms with Crippen LogP contribution in [-0.4, -0.2) is 6.54 Å². The molecule has 2 nitrogen and oxygen atoms in total. The molecular formula is C14H19FN2. The summed E-state index contributed by atoms with van der Waals surface area (Å²) >= 11 is 0. The Labute approximate surface area is 102 Å². The van der Waals surface area contributed by atoms with Crippen LogP contribution in [0.3, 0.4) is 0 Å². The summed E-state index contributed by atoms with van der Waals surface area (Å²) in [7, 11) is 0. The first kappa shape index (κ1) is 13.5. The number of halogens is 1. The Kier molecular flexibility index (Phi) is 5.48. The third-order valence-electron chi connectivity index (χ3n) is 2.62. The zero-order valence-electron chi connectivity index (χ0n) is 10.5.